The molecule has 2 rings (SSSR count). The van der Waals surface area contributed by atoms with Gasteiger partial charge in [-0.05, 0) is 30.2 Å². The number of nitriles is 1. The van der Waals surface area contributed by atoms with Crippen LogP contribution in [0, 0.1) is 11.3 Å². The van der Waals surface area contributed by atoms with Gasteiger partial charge in [0.05, 0.1) is 20.5 Å². The molecule has 1 aromatic carbocycles. The molecule has 0 aliphatic heterocycles. The van der Waals surface area contributed by atoms with E-state index < -0.39 is 5.56 Å². The Balaban J connectivity index is 2.19. The van der Waals surface area contributed by atoms with Crippen molar-refractivity contribution in [2.24, 2.45) is 5.16 Å². The lowest BCUT2D eigenvalue weighted by Gasteiger charge is -2.14. The van der Waals surface area contributed by atoms with Gasteiger partial charge < -0.3 is 18.9 Å². The third-order valence-corrected chi connectivity index (χ3v) is 4.24. The first-order chi connectivity index (χ1) is 14.1. The third kappa shape index (κ3) is 6.09. The van der Waals surface area contributed by atoms with Crippen LogP contribution in [0.1, 0.15) is 16.8 Å². The molecule has 0 fully saturated rings. The number of methoxy groups -OCH3 is 2. The first-order valence-electron chi connectivity index (χ1n) is 8.72. The Morgan fingerprint density at radius 1 is 1.31 bits per heavy atom. The maximum atomic E-state index is 11.9. The highest BCUT2D eigenvalue weighted by molar-refractivity contribution is 6.25. The van der Waals surface area contributed by atoms with Gasteiger partial charge in [0.25, 0.3) is 5.56 Å². The standard InChI is InChI=1S/C20H21ClN4O4/c1-27-18-5-4-15(12-19(18)28-2)7-10-25-14-23-20(26)16(13-22)17(25)6-9-24-29-11-3-8-21/h3-5,8-9,12,14H,6-7,10-11H2,1-2H3/b8-3+,24-9-. The predicted molar refractivity (Wildman–Crippen MR) is 110 cm³/mol. The zero-order valence-corrected chi connectivity index (χ0v) is 16.9. The molecule has 0 bridgehead atoms. The van der Waals surface area contributed by atoms with E-state index in [9.17, 15) is 10.1 Å². The van der Waals surface area contributed by atoms with Crippen molar-refractivity contribution in [2.45, 2.75) is 19.4 Å². The van der Waals surface area contributed by atoms with Crippen molar-refractivity contribution in [1.82, 2.24) is 9.55 Å². The molecule has 0 aliphatic rings. The van der Waals surface area contributed by atoms with Gasteiger partial charge in [0.2, 0.25) is 0 Å². The molecule has 2 aromatic rings. The summed E-state index contributed by atoms with van der Waals surface area (Å²) in [7, 11) is 3.16. The second-order valence-electron chi connectivity index (χ2n) is 5.77. The van der Waals surface area contributed by atoms with Gasteiger partial charge in [0.15, 0.2) is 11.5 Å². The highest BCUT2D eigenvalue weighted by atomic mass is 35.5. The van der Waals surface area contributed by atoms with Gasteiger partial charge in [-0.1, -0.05) is 22.8 Å². The topological polar surface area (TPSA) is 98.7 Å². The molecule has 0 saturated carbocycles. The van der Waals surface area contributed by atoms with Gasteiger partial charge in [0, 0.05) is 30.4 Å². The third-order valence-electron chi connectivity index (χ3n) is 4.06. The normalized spacial score (nSPS) is 11.0. The summed E-state index contributed by atoms with van der Waals surface area (Å²) in [5.74, 6) is 1.28. The average molecular weight is 417 g/mol. The Morgan fingerprint density at radius 3 is 2.79 bits per heavy atom. The first-order valence-corrected chi connectivity index (χ1v) is 9.16. The number of aryl methyl sites for hydroxylation is 2. The summed E-state index contributed by atoms with van der Waals surface area (Å²) in [5.41, 5.74) is 2.29. The van der Waals surface area contributed by atoms with Crippen LogP contribution in [0.3, 0.4) is 0 Å². The van der Waals surface area contributed by atoms with Crippen LogP contribution in [0.2, 0.25) is 0 Å². The van der Waals surface area contributed by atoms with Crippen molar-refractivity contribution in [3.63, 3.8) is 0 Å². The van der Waals surface area contributed by atoms with E-state index in [0.717, 1.165) is 5.56 Å². The molecule has 1 heterocycles. The van der Waals surface area contributed by atoms with Gasteiger partial charge >= 0.3 is 0 Å². The predicted octanol–water partition coefficient (Wildman–Crippen LogP) is 2.67. The fourth-order valence-corrected chi connectivity index (χ4v) is 2.71. The molecule has 1 aromatic heterocycles. The average Bonchev–Trinajstić information content (AvgIpc) is 2.75. The van der Waals surface area contributed by atoms with E-state index >= 15 is 0 Å². The van der Waals surface area contributed by atoms with Crippen molar-refractivity contribution in [3.8, 4) is 17.6 Å². The number of hydrogen-bond donors (Lipinski definition) is 0. The molecule has 0 saturated heterocycles. The van der Waals surface area contributed by atoms with Gasteiger partial charge in [-0.15, -0.1) is 0 Å². The summed E-state index contributed by atoms with van der Waals surface area (Å²) in [5, 5.41) is 13.2. The SMILES string of the molecule is COc1ccc(CCn2cnc(=O)c(C#N)c2C/C=N\OC/C=C/Cl)cc1OC. The molecule has 0 radical (unpaired) electrons. The minimum atomic E-state index is -0.566. The molecular formula is C20H21ClN4O4. The Hall–Kier alpha value is -3.31. The Kier molecular flexibility index (Phi) is 8.73. The highest BCUT2D eigenvalue weighted by Crippen LogP contribution is 2.27. The van der Waals surface area contributed by atoms with Crippen molar-refractivity contribution in [1.29, 1.82) is 5.26 Å². The van der Waals surface area contributed by atoms with E-state index in [1.165, 1.54) is 18.1 Å². The fourth-order valence-electron chi connectivity index (χ4n) is 2.63. The first kappa shape index (κ1) is 22.0. The maximum absolute atomic E-state index is 11.9. The molecule has 0 atom stereocenters. The lowest BCUT2D eigenvalue weighted by Crippen LogP contribution is -2.21. The molecule has 8 nitrogen and oxygen atoms in total. The Labute approximate surface area is 173 Å². The van der Waals surface area contributed by atoms with Crippen LogP contribution < -0.4 is 15.0 Å². The fraction of sp³-hybridized carbons (Fsp3) is 0.300. The maximum Gasteiger partial charge on any atom is 0.290 e. The van der Waals surface area contributed by atoms with Crippen LogP contribution in [-0.4, -0.2) is 36.6 Å². The van der Waals surface area contributed by atoms with Crippen molar-refractivity contribution in [3.05, 3.63) is 63.3 Å². The van der Waals surface area contributed by atoms with E-state index in [0.29, 0.717) is 30.2 Å². The van der Waals surface area contributed by atoms with Crippen LogP contribution in [0.25, 0.3) is 0 Å². The number of benzene rings is 1. The summed E-state index contributed by atoms with van der Waals surface area (Å²) in [6.07, 6.45) is 5.40. The van der Waals surface area contributed by atoms with Gasteiger partial charge in [0.1, 0.15) is 18.2 Å². The van der Waals surface area contributed by atoms with E-state index in [1.54, 1.807) is 24.9 Å². The van der Waals surface area contributed by atoms with Crippen LogP contribution in [0.5, 0.6) is 11.5 Å². The zero-order chi connectivity index (χ0) is 21.1. The quantitative estimate of drug-likeness (QED) is 0.335. The minimum absolute atomic E-state index is 0.00749. The van der Waals surface area contributed by atoms with E-state index in [-0.39, 0.29) is 18.6 Å². The van der Waals surface area contributed by atoms with Crippen molar-refractivity contribution in [2.75, 3.05) is 20.8 Å². The number of hydrogen-bond acceptors (Lipinski definition) is 7. The summed E-state index contributed by atoms with van der Waals surface area (Å²) in [6, 6.07) is 7.59. The highest BCUT2D eigenvalue weighted by Gasteiger charge is 2.12. The van der Waals surface area contributed by atoms with Crippen LogP contribution >= 0.6 is 11.6 Å². The summed E-state index contributed by atoms with van der Waals surface area (Å²) in [4.78, 5) is 20.7. The number of aromatic nitrogens is 2. The smallest absolute Gasteiger partial charge is 0.290 e. The van der Waals surface area contributed by atoms with Crippen molar-refractivity contribution < 1.29 is 14.3 Å². The molecule has 0 spiro atoms. The van der Waals surface area contributed by atoms with Gasteiger partial charge in [-0.2, -0.15) is 10.2 Å². The molecular weight excluding hydrogens is 396 g/mol. The molecule has 0 aliphatic carbocycles. The number of rotatable bonds is 10. The van der Waals surface area contributed by atoms with Crippen LogP contribution in [-0.2, 0) is 24.2 Å². The van der Waals surface area contributed by atoms with Crippen LogP contribution in [0.15, 0.2) is 46.1 Å². The van der Waals surface area contributed by atoms with Gasteiger partial charge in [-0.25, -0.2) is 0 Å². The van der Waals surface area contributed by atoms with Gasteiger partial charge in [-0.3, -0.25) is 4.79 Å². The zero-order valence-electron chi connectivity index (χ0n) is 16.2. The molecule has 0 unspecified atom stereocenters. The second-order valence-corrected chi connectivity index (χ2v) is 6.02. The minimum Gasteiger partial charge on any atom is -0.493 e. The summed E-state index contributed by atoms with van der Waals surface area (Å²) < 4.78 is 12.3. The molecule has 0 N–H and O–H groups in total. The summed E-state index contributed by atoms with van der Waals surface area (Å²) in [6.45, 7) is 0.740. The Bertz CT molecular complexity index is 979. The second kappa shape index (κ2) is 11.5. The van der Waals surface area contributed by atoms with E-state index in [4.69, 9.17) is 25.9 Å². The molecule has 29 heavy (non-hydrogen) atoms. The van der Waals surface area contributed by atoms with Crippen molar-refractivity contribution >= 4 is 17.8 Å². The lowest BCUT2D eigenvalue weighted by molar-refractivity contribution is 0.176. The van der Waals surface area contributed by atoms with E-state index in [1.807, 2.05) is 24.3 Å². The number of oxime groups is 1. The monoisotopic (exact) mass is 416 g/mol. The number of halogens is 1. The van der Waals surface area contributed by atoms with Crippen LogP contribution in [0.4, 0.5) is 0 Å². The number of nitrogens with zero attached hydrogens (tertiary/aromatic N) is 4. The summed E-state index contributed by atoms with van der Waals surface area (Å²) >= 11 is 5.40. The number of ether oxygens (including phenoxy) is 2. The Morgan fingerprint density at radius 2 is 2.10 bits per heavy atom. The molecule has 0 amide bonds. The molecule has 152 valence electrons. The van der Waals surface area contributed by atoms with E-state index in [2.05, 4.69) is 10.1 Å². The largest absolute Gasteiger partial charge is 0.493 e. The molecule has 9 heteroatoms. The lowest BCUT2D eigenvalue weighted by atomic mass is 10.1.